The van der Waals surface area contributed by atoms with Gasteiger partial charge >= 0.3 is 0 Å². The summed E-state index contributed by atoms with van der Waals surface area (Å²) in [4.78, 5) is 3.92. The van der Waals surface area contributed by atoms with E-state index in [2.05, 4.69) is 15.5 Å². The van der Waals surface area contributed by atoms with Crippen molar-refractivity contribution in [1.29, 1.82) is 0 Å². The monoisotopic (exact) mass is 243 g/mol. The maximum Gasteiger partial charge on any atom is 0.166 e. The van der Waals surface area contributed by atoms with E-state index in [4.69, 9.17) is 0 Å². The Morgan fingerprint density at radius 1 is 1.17 bits per heavy atom. The SMILES string of the molecule is Oc1cccc(C=NNCc2ccncc2)c1O. The quantitative estimate of drug-likeness (QED) is 0.433. The number of aromatic hydroxyl groups is 2. The van der Waals surface area contributed by atoms with E-state index in [1.807, 2.05) is 12.1 Å². The molecule has 18 heavy (non-hydrogen) atoms. The van der Waals surface area contributed by atoms with E-state index < -0.39 is 0 Å². The van der Waals surface area contributed by atoms with Gasteiger partial charge < -0.3 is 15.6 Å². The summed E-state index contributed by atoms with van der Waals surface area (Å²) in [5.41, 5.74) is 4.36. The summed E-state index contributed by atoms with van der Waals surface area (Å²) in [6.45, 7) is 0.568. The van der Waals surface area contributed by atoms with Crippen LogP contribution in [0.3, 0.4) is 0 Å². The summed E-state index contributed by atoms with van der Waals surface area (Å²) in [5, 5.41) is 22.8. The molecule has 0 aliphatic rings. The van der Waals surface area contributed by atoms with E-state index >= 15 is 0 Å². The van der Waals surface area contributed by atoms with Gasteiger partial charge in [-0.05, 0) is 29.8 Å². The summed E-state index contributed by atoms with van der Waals surface area (Å²) in [6.07, 6.45) is 4.87. The van der Waals surface area contributed by atoms with Gasteiger partial charge in [-0.3, -0.25) is 4.98 Å². The van der Waals surface area contributed by atoms with Crippen LogP contribution in [-0.2, 0) is 6.54 Å². The van der Waals surface area contributed by atoms with Gasteiger partial charge in [-0.1, -0.05) is 6.07 Å². The van der Waals surface area contributed by atoms with Crippen molar-refractivity contribution >= 4 is 6.21 Å². The lowest BCUT2D eigenvalue weighted by atomic mass is 10.2. The molecule has 0 atom stereocenters. The Bertz CT molecular complexity index is 541. The molecule has 0 radical (unpaired) electrons. The van der Waals surface area contributed by atoms with Gasteiger partial charge in [-0.25, -0.2) is 0 Å². The van der Waals surface area contributed by atoms with Crippen LogP contribution in [0.1, 0.15) is 11.1 Å². The minimum Gasteiger partial charge on any atom is -0.504 e. The Morgan fingerprint density at radius 2 is 1.94 bits per heavy atom. The smallest absolute Gasteiger partial charge is 0.166 e. The third-order valence-electron chi connectivity index (χ3n) is 2.37. The van der Waals surface area contributed by atoms with Gasteiger partial charge in [-0.2, -0.15) is 5.10 Å². The van der Waals surface area contributed by atoms with Crippen LogP contribution < -0.4 is 5.43 Å². The second-order valence-electron chi connectivity index (χ2n) is 3.66. The van der Waals surface area contributed by atoms with E-state index in [0.29, 0.717) is 12.1 Å². The number of nitrogens with one attached hydrogen (secondary N) is 1. The number of aromatic nitrogens is 1. The molecule has 2 rings (SSSR count). The first-order valence-electron chi connectivity index (χ1n) is 5.43. The maximum absolute atomic E-state index is 9.54. The van der Waals surface area contributed by atoms with Gasteiger partial charge in [0.1, 0.15) is 0 Å². The van der Waals surface area contributed by atoms with Crippen LogP contribution >= 0.6 is 0 Å². The number of phenolic OH excluding ortho intramolecular Hbond substituents is 2. The zero-order valence-electron chi connectivity index (χ0n) is 9.61. The largest absolute Gasteiger partial charge is 0.504 e. The summed E-state index contributed by atoms with van der Waals surface area (Å²) < 4.78 is 0. The average molecular weight is 243 g/mol. The normalized spacial score (nSPS) is 10.7. The van der Waals surface area contributed by atoms with Crippen LogP contribution in [0.5, 0.6) is 11.5 Å². The van der Waals surface area contributed by atoms with Crippen LogP contribution in [-0.4, -0.2) is 21.4 Å². The highest BCUT2D eigenvalue weighted by molar-refractivity contribution is 5.84. The number of benzene rings is 1. The third-order valence-corrected chi connectivity index (χ3v) is 2.37. The first-order chi connectivity index (χ1) is 8.77. The third kappa shape index (κ3) is 2.98. The van der Waals surface area contributed by atoms with Gasteiger partial charge in [0.2, 0.25) is 0 Å². The fraction of sp³-hybridized carbons (Fsp3) is 0.0769. The lowest BCUT2D eigenvalue weighted by Crippen LogP contribution is -2.05. The zero-order chi connectivity index (χ0) is 12.8. The fourth-order valence-corrected chi connectivity index (χ4v) is 1.41. The van der Waals surface area contributed by atoms with Crippen LogP contribution in [0, 0.1) is 0 Å². The summed E-state index contributed by atoms with van der Waals surface area (Å²) >= 11 is 0. The van der Waals surface area contributed by atoms with Crippen molar-refractivity contribution in [1.82, 2.24) is 10.4 Å². The predicted molar refractivity (Wildman–Crippen MR) is 68.4 cm³/mol. The molecule has 0 amide bonds. The van der Waals surface area contributed by atoms with E-state index in [1.54, 1.807) is 24.5 Å². The van der Waals surface area contributed by atoms with Gasteiger partial charge in [-0.15, -0.1) is 0 Å². The van der Waals surface area contributed by atoms with E-state index in [0.717, 1.165) is 5.56 Å². The number of phenols is 2. The van der Waals surface area contributed by atoms with E-state index in [9.17, 15) is 10.2 Å². The molecule has 92 valence electrons. The lowest BCUT2D eigenvalue weighted by Gasteiger charge is -2.02. The molecule has 0 aliphatic carbocycles. The highest BCUT2D eigenvalue weighted by Crippen LogP contribution is 2.26. The van der Waals surface area contributed by atoms with Crippen molar-refractivity contribution in [2.45, 2.75) is 6.54 Å². The van der Waals surface area contributed by atoms with Crippen molar-refractivity contribution in [3.8, 4) is 11.5 Å². The van der Waals surface area contributed by atoms with Gasteiger partial charge in [0, 0.05) is 18.0 Å². The van der Waals surface area contributed by atoms with Gasteiger partial charge in [0.25, 0.3) is 0 Å². The number of hydrogen-bond acceptors (Lipinski definition) is 5. The van der Waals surface area contributed by atoms with Crippen molar-refractivity contribution < 1.29 is 10.2 Å². The Balaban J connectivity index is 1.94. The fourth-order valence-electron chi connectivity index (χ4n) is 1.41. The molecule has 0 bridgehead atoms. The molecule has 0 saturated heterocycles. The number of nitrogens with zero attached hydrogens (tertiary/aromatic N) is 2. The molecule has 5 heteroatoms. The molecule has 0 saturated carbocycles. The highest BCUT2D eigenvalue weighted by atomic mass is 16.3. The molecule has 5 nitrogen and oxygen atoms in total. The Morgan fingerprint density at radius 3 is 2.72 bits per heavy atom. The Hall–Kier alpha value is -2.56. The second kappa shape index (κ2) is 5.67. The molecule has 0 fully saturated rings. The van der Waals surface area contributed by atoms with Crippen LogP contribution in [0.4, 0.5) is 0 Å². The zero-order valence-corrected chi connectivity index (χ0v) is 9.61. The Kier molecular flexibility index (Phi) is 3.76. The maximum atomic E-state index is 9.54. The molecule has 1 aromatic carbocycles. The van der Waals surface area contributed by atoms with Crippen LogP contribution in [0.2, 0.25) is 0 Å². The lowest BCUT2D eigenvalue weighted by molar-refractivity contribution is 0.403. The molecule has 1 aromatic heterocycles. The summed E-state index contributed by atoms with van der Waals surface area (Å²) in [6, 6.07) is 8.48. The van der Waals surface area contributed by atoms with Gasteiger partial charge in [0.15, 0.2) is 11.5 Å². The molecular formula is C13H13N3O2. The standard InChI is InChI=1S/C13H13N3O2/c17-12-3-1-2-11(13(12)18)9-16-15-8-10-4-6-14-7-5-10/h1-7,9,15,17-18H,8H2. The summed E-state index contributed by atoms with van der Waals surface area (Å²) in [5.74, 6) is -0.333. The molecule has 2 aromatic rings. The van der Waals surface area contributed by atoms with Crippen molar-refractivity contribution in [3.05, 3.63) is 53.9 Å². The second-order valence-corrected chi connectivity index (χ2v) is 3.66. The van der Waals surface area contributed by atoms with Crippen LogP contribution in [0.15, 0.2) is 47.8 Å². The first-order valence-corrected chi connectivity index (χ1v) is 5.43. The number of hydrazone groups is 1. The molecule has 3 N–H and O–H groups in total. The van der Waals surface area contributed by atoms with E-state index in [1.165, 1.54) is 12.3 Å². The minimum absolute atomic E-state index is 0.159. The highest BCUT2D eigenvalue weighted by Gasteiger charge is 2.02. The minimum atomic E-state index is -0.174. The molecule has 1 heterocycles. The number of pyridine rings is 1. The number of hydrogen-bond donors (Lipinski definition) is 3. The molecule has 0 aliphatic heterocycles. The first kappa shape index (κ1) is 11.9. The predicted octanol–water partition coefficient (Wildman–Crippen LogP) is 1.62. The number of para-hydroxylation sites is 1. The van der Waals surface area contributed by atoms with Crippen molar-refractivity contribution in [2.24, 2.45) is 5.10 Å². The number of rotatable bonds is 4. The van der Waals surface area contributed by atoms with E-state index in [-0.39, 0.29) is 11.5 Å². The molecule has 0 spiro atoms. The average Bonchev–Trinajstić information content (AvgIpc) is 2.40. The molecular weight excluding hydrogens is 230 g/mol. The van der Waals surface area contributed by atoms with Crippen molar-refractivity contribution in [2.75, 3.05) is 0 Å². The van der Waals surface area contributed by atoms with Crippen molar-refractivity contribution in [3.63, 3.8) is 0 Å². The summed E-state index contributed by atoms with van der Waals surface area (Å²) in [7, 11) is 0. The topological polar surface area (TPSA) is 77.7 Å². The van der Waals surface area contributed by atoms with Crippen LogP contribution in [0.25, 0.3) is 0 Å². The Labute approximate surface area is 104 Å². The molecule has 0 unspecified atom stereocenters. The van der Waals surface area contributed by atoms with Gasteiger partial charge in [0.05, 0.1) is 12.8 Å².